The molecule has 0 spiro atoms. The highest BCUT2D eigenvalue weighted by Crippen LogP contribution is 2.19. The number of nitrogens with one attached hydrogen (secondary N) is 1. The van der Waals surface area contributed by atoms with Gasteiger partial charge in [0.05, 0.1) is 0 Å². The Morgan fingerprint density at radius 3 is 2.45 bits per heavy atom. The average molecular weight is 304 g/mol. The van der Waals surface area contributed by atoms with Gasteiger partial charge in [-0.05, 0) is 38.3 Å². The van der Waals surface area contributed by atoms with Gasteiger partial charge in [-0.15, -0.1) is 0 Å². The van der Waals surface area contributed by atoms with Crippen LogP contribution in [0, 0.1) is 12.3 Å². The molecule has 0 saturated carbocycles. The molecule has 4 nitrogen and oxygen atoms in total. The van der Waals surface area contributed by atoms with Crippen molar-refractivity contribution in [3.8, 4) is 0 Å². The van der Waals surface area contributed by atoms with E-state index in [-0.39, 0.29) is 11.8 Å². The van der Waals surface area contributed by atoms with Crippen LogP contribution in [0.3, 0.4) is 0 Å². The zero-order chi connectivity index (χ0) is 16.8. The fraction of sp³-hybridized carbons (Fsp3) is 0.556. The van der Waals surface area contributed by atoms with Gasteiger partial charge in [0.15, 0.2) is 0 Å². The van der Waals surface area contributed by atoms with Crippen LogP contribution in [-0.2, 0) is 16.1 Å². The first-order chi connectivity index (χ1) is 10.3. The number of rotatable bonds is 7. The van der Waals surface area contributed by atoms with Crippen molar-refractivity contribution in [3.05, 3.63) is 35.4 Å². The van der Waals surface area contributed by atoms with Gasteiger partial charge in [0, 0.05) is 20.1 Å². The van der Waals surface area contributed by atoms with E-state index in [1.165, 1.54) is 0 Å². The summed E-state index contributed by atoms with van der Waals surface area (Å²) in [5.74, 6) is -0.368. The molecule has 0 unspecified atom stereocenters. The number of amides is 2. The molecular formula is C18H28N2O2. The van der Waals surface area contributed by atoms with Gasteiger partial charge in [-0.2, -0.15) is 0 Å². The number of carbonyl (C=O) groups excluding carboxylic acids is 2. The third-order valence-corrected chi connectivity index (χ3v) is 4.00. The second kappa shape index (κ2) is 7.97. The van der Waals surface area contributed by atoms with E-state index in [2.05, 4.69) is 12.2 Å². The van der Waals surface area contributed by atoms with E-state index >= 15 is 0 Å². The molecule has 4 heteroatoms. The number of benzene rings is 1. The molecule has 0 bridgehead atoms. The lowest BCUT2D eigenvalue weighted by atomic mass is 9.90. The summed E-state index contributed by atoms with van der Waals surface area (Å²) >= 11 is 0. The van der Waals surface area contributed by atoms with Crippen molar-refractivity contribution in [2.75, 3.05) is 13.6 Å². The Kier molecular flexibility index (Phi) is 6.60. The highest BCUT2D eigenvalue weighted by Gasteiger charge is 2.37. The van der Waals surface area contributed by atoms with Crippen LogP contribution in [0.15, 0.2) is 24.3 Å². The van der Waals surface area contributed by atoms with Crippen LogP contribution >= 0.6 is 0 Å². The lowest BCUT2D eigenvalue weighted by molar-refractivity contribution is -0.147. The molecule has 2 amide bonds. The van der Waals surface area contributed by atoms with Crippen molar-refractivity contribution < 1.29 is 9.59 Å². The van der Waals surface area contributed by atoms with E-state index < -0.39 is 5.41 Å². The Labute approximate surface area is 133 Å². The van der Waals surface area contributed by atoms with Crippen LogP contribution in [0.5, 0.6) is 0 Å². The standard InChI is InChI=1S/C18H28N2O2/c1-6-7-12-20(5)17(22)18(3,4)16(21)19-13-15-11-9-8-10-14(15)2/h8-11H,6-7,12-13H2,1-5H3,(H,19,21). The van der Waals surface area contributed by atoms with Crippen molar-refractivity contribution in [2.45, 2.75) is 47.1 Å². The molecule has 1 aromatic carbocycles. The fourth-order valence-corrected chi connectivity index (χ4v) is 2.28. The SMILES string of the molecule is CCCCN(C)C(=O)C(C)(C)C(=O)NCc1ccccc1C. The van der Waals surface area contributed by atoms with Crippen LogP contribution < -0.4 is 5.32 Å². The van der Waals surface area contributed by atoms with Gasteiger partial charge < -0.3 is 10.2 Å². The fourth-order valence-electron chi connectivity index (χ4n) is 2.28. The molecule has 1 aromatic rings. The smallest absolute Gasteiger partial charge is 0.237 e. The van der Waals surface area contributed by atoms with Crippen molar-refractivity contribution in [2.24, 2.45) is 5.41 Å². The second-order valence-corrected chi connectivity index (χ2v) is 6.31. The van der Waals surface area contributed by atoms with Crippen molar-refractivity contribution in [1.29, 1.82) is 0 Å². The summed E-state index contributed by atoms with van der Waals surface area (Å²) in [6.07, 6.45) is 1.97. The van der Waals surface area contributed by atoms with Crippen LogP contribution in [-0.4, -0.2) is 30.3 Å². The Balaban J connectivity index is 2.66. The predicted molar refractivity (Wildman–Crippen MR) is 89.4 cm³/mol. The molecule has 0 aliphatic carbocycles. The van der Waals surface area contributed by atoms with Gasteiger partial charge in [-0.1, -0.05) is 37.6 Å². The molecule has 1 rings (SSSR count). The third-order valence-electron chi connectivity index (χ3n) is 4.00. The summed E-state index contributed by atoms with van der Waals surface area (Å²) in [7, 11) is 1.76. The topological polar surface area (TPSA) is 49.4 Å². The zero-order valence-electron chi connectivity index (χ0n) is 14.4. The molecular weight excluding hydrogens is 276 g/mol. The Morgan fingerprint density at radius 1 is 1.23 bits per heavy atom. The lowest BCUT2D eigenvalue weighted by Crippen LogP contribution is -2.48. The maximum Gasteiger partial charge on any atom is 0.237 e. The maximum atomic E-state index is 12.5. The van der Waals surface area contributed by atoms with E-state index in [9.17, 15) is 9.59 Å². The quantitative estimate of drug-likeness (QED) is 0.787. The molecule has 1 N–H and O–H groups in total. The van der Waals surface area contributed by atoms with Crippen LogP contribution in [0.1, 0.15) is 44.7 Å². The summed E-state index contributed by atoms with van der Waals surface area (Å²) in [6.45, 7) is 8.59. The normalized spacial score (nSPS) is 11.1. The Hall–Kier alpha value is -1.84. The second-order valence-electron chi connectivity index (χ2n) is 6.31. The number of nitrogens with zero attached hydrogens (tertiary/aromatic N) is 1. The first-order valence-corrected chi connectivity index (χ1v) is 7.89. The lowest BCUT2D eigenvalue weighted by Gasteiger charge is -2.28. The van der Waals surface area contributed by atoms with Gasteiger partial charge in [0.2, 0.25) is 11.8 Å². The molecule has 0 saturated heterocycles. The van der Waals surface area contributed by atoms with Crippen molar-refractivity contribution in [3.63, 3.8) is 0 Å². The van der Waals surface area contributed by atoms with Gasteiger partial charge in [0.1, 0.15) is 5.41 Å². The molecule has 22 heavy (non-hydrogen) atoms. The van der Waals surface area contributed by atoms with E-state index in [0.717, 1.165) is 24.0 Å². The minimum atomic E-state index is -1.05. The summed E-state index contributed by atoms with van der Waals surface area (Å²) in [4.78, 5) is 26.5. The van der Waals surface area contributed by atoms with Crippen molar-refractivity contribution in [1.82, 2.24) is 10.2 Å². The average Bonchev–Trinajstić information content (AvgIpc) is 2.50. The summed E-state index contributed by atoms with van der Waals surface area (Å²) < 4.78 is 0. The largest absolute Gasteiger partial charge is 0.351 e. The monoisotopic (exact) mass is 304 g/mol. The first-order valence-electron chi connectivity index (χ1n) is 7.89. The molecule has 122 valence electrons. The minimum Gasteiger partial charge on any atom is -0.351 e. The van der Waals surface area contributed by atoms with Crippen LogP contribution in [0.2, 0.25) is 0 Å². The highest BCUT2D eigenvalue weighted by molar-refractivity contribution is 6.04. The number of aryl methyl sites for hydroxylation is 1. The zero-order valence-corrected chi connectivity index (χ0v) is 14.4. The van der Waals surface area contributed by atoms with Crippen molar-refractivity contribution >= 4 is 11.8 Å². The maximum absolute atomic E-state index is 12.5. The molecule has 0 fully saturated rings. The minimum absolute atomic E-state index is 0.136. The Morgan fingerprint density at radius 2 is 1.86 bits per heavy atom. The summed E-state index contributed by atoms with van der Waals surface area (Å²) in [5.41, 5.74) is 1.15. The van der Waals surface area contributed by atoms with Gasteiger partial charge in [-0.3, -0.25) is 9.59 Å². The van der Waals surface area contributed by atoms with E-state index in [4.69, 9.17) is 0 Å². The van der Waals surface area contributed by atoms with E-state index in [0.29, 0.717) is 13.1 Å². The number of unbranched alkanes of at least 4 members (excludes halogenated alkanes) is 1. The molecule has 0 heterocycles. The highest BCUT2D eigenvalue weighted by atomic mass is 16.2. The summed E-state index contributed by atoms with van der Waals surface area (Å²) in [5, 5.41) is 2.89. The number of carbonyl (C=O) groups is 2. The van der Waals surface area contributed by atoms with E-state index in [1.54, 1.807) is 25.8 Å². The third kappa shape index (κ3) is 4.58. The Bertz CT molecular complexity index is 524. The van der Waals surface area contributed by atoms with Crippen LogP contribution in [0.4, 0.5) is 0 Å². The van der Waals surface area contributed by atoms with Gasteiger partial charge in [-0.25, -0.2) is 0 Å². The molecule has 0 radical (unpaired) electrons. The van der Waals surface area contributed by atoms with E-state index in [1.807, 2.05) is 31.2 Å². The predicted octanol–water partition coefficient (Wildman–Crippen LogP) is 2.90. The molecule has 0 aliphatic heterocycles. The number of hydrogen-bond acceptors (Lipinski definition) is 2. The summed E-state index contributed by atoms with van der Waals surface area (Å²) in [6, 6.07) is 7.91. The first kappa shape index (κ1) is 18.2. The molecule has 0 aromatic heterocycles. The molecule has 0 atom stereocenters. The molecule has 0 aliphatic rings. The van der Waals surface area contributed by atoms with Crippen LogP contribution in [0.25, 0.3) is 0 Å². The van der Waals surface area contributed by atoms with Gasteiger partial charge in [0.25, 0.3) is 0 Å². The number of hydrogen-bond donors (Lipinski definition) is 1. The van der Waals surface area contributed by atoms with Gasteiger partial charge >= 0.3 is 0 Å².